The third-order valence-electron chi connectivity index (χ3n) is 4.49. The van der Waals surface area contributed by atoms with E-state index in [0.717, 1.165) is 0 Å². The Morgan fingerprint density at radius 2 is 1.62 bits per heavy atom. The molecule has 0 aliphatic rings. The van der Waals surface area contributed by atoms with Crippen LogP contribution in [-0.4, -0.2) is 31.4 Å². The molecule has 0 atom stereocenters. The Bertz CT molecular complexity index is 1510. The Morgan fingerprint density at radius 3 is 2.25 bits per heavy atom. The van der Waals surface area contributed by atoms with Crippen LogP contribution in [0.4, 0.5) is 0 Å². The van der Waals surface area contributed by atoms with Gasteiger partial charge in [-0.15, -0.1) is 0 Å². The van der Waals surface area contributed by atoms with Gasteiger partial charge in [0.05, 0.1) is 18.7 Å². The van der Waals surface area contributed by atoms with Crippen molar-refractivity contribution in [3.05, 3.63) is 75.6 Å². The summed E-state index contributed by atoms with van der Waals surface area (Å²) in [6.45, 7) is 0. The second-order valence-electron chi connectivity index (χ2n) is 6.76. The van der Waals surface area contributed by atoms with Crippen LogP contribution in [0.15, 0.2) is 79.8 Å². The molecule has 32 heavy (non-hydrogen) atoms. The zero-order valence-electron chi connectivity index (χ0n) is 16.0. The summed E-state index contributed by atoms with van der Waals surface area (Å²) < 4.78 is 64.3. The lowest BCUT2D eigenvalue weighted by Gasteiger charge is -2.12. The number of hydrogen-bond acceptors (Lipinski definition) is 6. The fourth-order valence-electron chi connectivity index (χ4n) is 3.13. The molecular formula is C20H14Br2N2O6S2. The van der Waals surface area contributed by atoms with Crippen LogP contribution in [0, 0.1) is 0 Å². The smallest absolute Gasteiger partial charge is 0.269 e. The molecule has 12 heteroatoms. The monoisotopic (exact) mass is 600 g/mol. The zero-order chi connectivity index (χ0) is 23.1. The van der Waals surface area contributed by atoms with E-state index < -0.39 is 25.7 Å². The first kappa shape index (κ1) is 22.9. The van der Waals surface area contributed by atoms with E-state index in [1.54, 1.807) is 18.2 Å². The van der Waals surface area contributed by atoms with Crippen molar-refractivity contribution in [2.45, 2.75) is 15.5 Å². The van der Waals surface area contributed by atoms with Gasteiger partial charge in [-0.05, 0) is 79.9 Å². The van der Waals surface area contributed by atoms with Crippen molar-refractivity contribution in [3.8, 4) is 11.5 Å². The molecule has 4 rings (SSSR count). The number of nitrogens with one attached hydrogen (secondary N) is 1. The molecule has 2 aromatic heterocycles. The number of nitrogens with zero attached hydrogens (tertiary/aromatic N) is 1. The molecular weight excluding hydrogens is 588 g/mol. The Labute approximate surface area is 200 Å². The summed E-state index contributed by atoms with van der Waals surface area (Å²) in [4.78, 5) is 7.04. The lowest BCUT2D eigenvalue weighted by atomic mass is 10.2. The van der Waals surface area contributed by atoms with Gasteiger partial charge in [-0.3, -0.25) is 9.54 Å². The Balaban J connectivity index is 1.72. The Kier molecular flexibility index (Phi) is 6.16. The Morgan fingerprint density at radius 1 is 0.969 bits per heavy atom. The molecule has 2 aromatic carbocycles. The number of benzene rings is 2. The topological polar surface area (TPSA) is 126 Å². The fraction of sp³-hybridized carbons (Fsp3) is 0.0500. The first-order valence-electron chi connectivity index (χ1n) is 8.92. The highest BCUT2D eigenvalue weighted by atomic mass is 79.9. The zero-order valence-corrected chi connectivity index (χ0v) is 20.8. The number of pyridine rings is 1. The van der Waals surface area contributed by atoms with Gasteiger partial charge >= 0.3 is 0 Å². The largest absolute Gasteiger partial charge is 0.455 e. The van der Waals surface area contributed by atoms with Gasteiger partial charge in [0.1, 0.15) is 11.5 Å². The first-order valence-corrected chi connectivity index (χ1v) is 13.6. The van der Waals surface area contributed by atoms with Gasteiger partial charge < -0.3 is 9.72 Å². The van der Waals surface area contributed by atoms with Gasteiger partial charge in [-0.25, -0.2) is 8.42 Å². The molecule has 2 heterocycles. The first-order chi connectivity index (χ1) is 15.0. The van der Waals surface area contributed by atoms with E-state index in [-0.39, 0.29) is 9.79 Å². The summed E-state index contributed by atoms with van der Waals surface area (Å²) in [5.74, 6) is 0.181. The highest BCUT2D eigenvalue weighted by Gasteiger charge is 2.22. The van der Waals surface area contributed by atoms with Gasteiger partial charge in [0, 0.05) is 29.5 Å². The predicted octanol–water partition coefficient (Wildman–Crippen LogP) is 5.10. The molecule has 0 amide bonds. The maximum Gasteiger partial charge on any atom is 0.269 e. The summed E-state index contributed by atoms with van der Waals surface area (Å²) >= 11 is 6.69. The number of aromatic amines is 1. The van der Waals surface area contributed by atoms with Crippen LogP contribution in [0.3, 0.4) is 0 Å². The molecule has 0 radical (unpaired) electrons. The molecule has 0 bridgehead atoms. The van der Waals surface area contributed by atoms with E-state index in [4.69, 9.17) is 9.29 Å². The van der Waals surface area contributed by atoms with Gasteiger partial charge in [0.15, 0.2) is 5.75 Å². The minimum absolute atomic E-state index is 0.103. The molecule has 166 valence electrons. The fourth-order valence-corrected chi connectivity index (χ4v) is 6.56. The molecule has 0 saturated carbocycles. The van der Waals surface area contributed by atoms with Crippen LogP contribution in [0.2, 0.25) is 0 Å². The van der Waals surface area contributed by atoms with Crippen molar-refractivity contribution in [1.82, 2.24) is 9.97 Å². The third kappa shape index (κ3) is 4.74. The molecule has 0 fully saturated rings. The number of sulfone groups is 1. The van der Waals surface area contributed by atoms with Gasteiger partial charge in [-0.2, -0.15) is 8.42 Å². The maximum atomic E-state index is 13.1. The van der Waals surface area contributed by atoms with E-state index in [2.05, 4.69) is 41.8 Å². The number of halogens is 2. The maximum absolute atomic E-state index is 13.1. The van der Waals surface area contributed by atoms with E-state index in [0.29, 0.717) is 36.9 Å². The molecule has 0 saturated heterocycles. The van der Waals surface area contributed by atoms with Crippen LogP contribution < -0.4 is 4.74 Å². The van der Waals surface area contributed by atoms with E-state index in [1.165, 1.54) is 42.9 Å². The quantitative estimate of drug-likeness (QED) is 0.294. The van der Waals surface area contributed by atoms with Crippen molar-refractivity contribution in [2.75, 3.05) is 0 Å². The van der Waals surface area contributed by atoms with Crippen LogP contribution >= 0.6 is 31.9 Å². The average Bonchev–Trinajstić information content (AvgIpc) is 3.14. The lowest BCUT2D eigenvalue weighted by molar-refractivity contribution is 0.475. The van der Waals surface area contributed by atoms with E-state index in [1.807, 2.05) is 0 Å². The summed E-state index contributed by atoms with van der Waals surface area (Å²) in [6, 6.07) is 10.9. The standard InChI is InChI=1S/C20H14Br2N2O6S2/c21-16-7-12(11-31(25,26)27)8-17(22)20(16)30-13-1-2-18-15(9-13)19(10-24-18)32(28,29)14-3-5-23-6-4-14/h1-10,24H,11H2,(H,25,26,27). The predicted molar refractivity (Wildman–Crippen MR) is 125 cm³/mol. The summed E-state index contributed by atoms with van der Waals surface area (Å²) in [7, 11) is -7.97. The Hall–Kier alpha value is -2.25. The van der Waals surface area contributed by atoms with Gasteiger partial charge in [0.2, 0.25) is 9.84 Å². The lowest BCUT2D eigenvalue weighted by Crippen LogP contribution is -2.02. The highest BCUT2D eigenvalue weighted by molar-refractivity contribution is 9.11. The number of H-pyrrole nitrogens is 1. The van der Waals surface area contributed by atoms with Crippen molar-refractivity contribution in [3.63, 3.8) is 0 Å². The van der Waals surface area contributed by atoms with Gasteiger partial charge in [-0.1, -0.05) is 0 Å². The summed E-state index contributed by atoms with van der Waals surface area (Å²) in [6.07, 6.45) is 4.26. The number of ether oxygens (including phenoxy) is 1. The molecule has 8 nitrogen and oxygen atoms in total. The molecule has 4 aromatic rings. The molecule has 2 N–H and O–H groups in total. The van der Waals surface area contributed by atoms with Gasteiger partial charge in [0.25, 0.3) is 10.1 Å². The minimum atomic E-state index is -4.19. The number of fused-ring (bicyclic) bond motifs is 1. The molecule has 0 aliphatic carbocycles. The number of rotatable bonds is 6. The normalized spacial score (nSPS) is 12.2. The van der Waals surface area contributed by atoms with E-state index in [9.17, 15) is 16.8 Å². The van der Waals surface area contributed by atoms with Crippen molar-refractivity contribution >= 4 is 62.7 Å². The second kappa shape index (κ2) is 8.60. The number of aromatic nitrogens is 2. The molecule has 0 unspecified atom stereocenters. The highest BCUT2D eigenvalue weighted by Crippen LogP contribution is 2.39. The van der Waals surface area contributed by atoms with Crippen LogP contribution in [-0.2, 0) is 25.7 Å². The van der Waals surface area contributed by atoms with Crippen LogP contribution in [0.1, 0.15) is 5.56 Å². The number of hydrogen-bond donors (Lipinski definition) is 2. The van der Waals surface area contributed by atoms with Crippen molar-refractivity contribution in [1.29, 1.82) is 0 Å². The minimum Gasteiger partial charge on any atom is -0.455 e. The summed E-state index contributed by atoms with van der Waals surface area (Å²) in [5.41, 5.74) is 0.969. The third-order valence-corrected chi connectivity index (χ3v) is 8.18. The van der Waals surface area contributed by atoms with Crippen LogP contribution in [0.5, 0.6) is 11.5 Å². The summed E-state index contributed by atoms with van der Waals surface area (Å²) in [5, 5.41) is 0.453. The average molecular weight is 602 g/mol. The van der Waals surface area contributed by atoms with E-state index >= 15 is 0 Å². The molecule has 0 aliphatic heterocycles. The SMILES string of the molecule is O=S(=O)(O)Cc1cc(Br)c(Oc2ccc3[nH]cc(S(=O)(=O)c4ccncc4)c3c2)c(Br)c1. The van der Waals surface area contributed by atoms with Crippen LogP contribution in [0.25, 0.3) is 10.9 Å². The second-order valence-corrected chi connectivity index (χ2v) is 11.8. The van der Waals surface area contributed by atoms with Crippen molar-refractivity contribution in [2.24, 2.45) is 0 Å². The molecule has 0 spiro atoms. The van der Waals surface area contributed by atoms with Crippen molar-refractivity contribution < 1.29 is 26.1 Å².